The lowest BCUT2D eigenvalue weighted by Gasteiger charge is -2.09. The molecule has 12 nitrogen and oxygen atoms in total. The quantitative estimate of drug-likeness (QED) is 0.253. The van der Waals surface area contributed by atoms with Crippen molar-refractivity contribution in [1.29, 1.82) is 0 Å². The first-order valence-corrected chi connectivity index (χ1v) is 8.87. The Balaban J connectivity index is 0.000000580. The number of rotatable bonds is 9. The van der Waals surface area contributed by atoms with Gasteiger partial charge in [-0.05, 0) is 30.5 Å². The average molecular weight is 408 g/mol. The van der Waals surface area contributed by atoms with E-state index in [2.05, 4.69) is 4.52 Å². The van der Waals surface area contributed by atoms with Crippen molar-refractivity contribution in [3.8, 4) is 5.75 Å². The Labute approximate surface area is 153 Å². The molecule has 0 aliphatic heterocycles. The first-order valence-electron chi connectivity index (χ1n) is 7.34. The summed E-state index contributed by atoms with van der Waals surface area (Å²) in [4.78, 5) is 47.5. The van der Waals surface area contributed by atoms with Crippen LogP contribution in [0.1, 0.15) is 18.4 Å². The van der Waals surface area contributed by atoms with Crippen LogP contribution in [0.5, 0.6) is 5.75 Å². The van der Waals surface area contributed by atoms with Gasteiger partial charge >= 0.3 is 25.7 Å². The third-order valence-corrected chi connectivity index (χ3v) is 3.36. The van der Waals surface area contributed by atoms with Crippen LogP contribution in [-0.4, -0.2) is 55.1 Å². The lowest BCUT2D eigenvalue weighted by molar-refractivity contribution is -0.140. The topological polar surface area (TPSA) is 231 Å². The fourth-order valence-electron chi connectivity index (χ4n) is 1.57. The number of carbonyl (C=O) groups is 3. The Bertz CT molecular complexity index is 688. The fourth-order valence-corrected chi connectivity index (χ4v) is 1.96. The molecule has 0 aliphatic carbocycles. The summed E-state index contributed by atoms with van der Waals surface area (Å²) in [5.74, 6) is -3.30. The molecule has 0 aliphatic rings. The summed E-state index contributed by atoms with van der Waals surface area (Å²) in [6, 6.07) is 3.59. The van der Waals surface area contributed by atoms with Gasteiger partial charge in [-0.1, -0.05) is 12.1 Å². The van der Waals surface area contributed by atoms with Crippen LogP contribution in [0.4, 0.5) is 0 Å². The summed E-state index contributed by atoms with van der Waals surface area (Å²) >= 11 is 0. The lowest BCUT2D eigenvalue weighted by atomic mass is 10.1. The zero-order valence-corrected chi connectivity index (χ0v) is 14.9. The van der Waals surface area contributed by atoms with Crippen LogP contribution in [0.3, 0.4) is 0 Å². The van der Waals surface area contributed by atoms with E-state index in [-0.39, 0.29) is 25.0 Å². The maximum absolute atomic E-state index is 10.5. The van der Waals surface area contributed by atoms with Crippen molar-refractivity contribution < 1.29 is 48.6 Å². The number of phosphoric ester groups is 1. The maximum atomic E-state index is 10.5. The Hall–Kier alpha value is -2.50. The van der Waals surface area contributed by atoms with Gasteiger partial charge in [0, 0.05) is 6.42 Å². The van der Waals surface area contributed by atoms with Gasteiger partial charge in [-0.2, -0.15) is 0 Å². The Morgan fingerprint density at radius 3 is 1.81 bits per heavy atom. The second-order valence-electron chi connectivity index (χ2n) is 5.25. The smallest absolute Gasteiger partial charge is 0.481 e. The molecule has 1 aromatic carbocycles. The molecule has 13 heteroatoms. The minimum Gasteiger partial charge on any atom is -0.481 e. The molecular formula is C14H21N2O10P. The normalized spacial score (nSPS) is 12.9. The Kier molecular flexibility index (Phi) is 10.2. The molecule has 0 spiro atoms. The number of phosphoric acid groups is 1. The van der Waals surface area contributed by atoms with E-state index >= 15 is 0 Å². The van der Waals surface area contributed by atoms with Crippen LogP contribution in [0, 0.1) is 0 Å². The molecule has 0 radical (unpaired) electrons. The third kappa shape index (κ3) is 12.5. The average Bonchev–Trinajstić information content (AvgIpc) is 2.53. The minimum absolute atomic E-state index is 0.00554. The highest BCUT2D eigenvalue weighted by atomic mass is 31.2. The lowest BCUT2D eigenvalue weighted by Crippen LogP contribution is -2.32. The number of carboxylic acids is 3. The molecule has 1 rings (SSSR count). The van der Waals surface area contributed by atoms with Gasteiger partial charge in [0.25, 0.3) is 0 Å². The predicted octanol–water partition coefficient (Wildman–Crippen LogP) is -0.624. The van der Waals surface area contributed by atoms with E-state index in [1.165, 1.54) is 24.3 Å². The first kappa shape index (κ1) is 24.5. The summed E-state index contributed by atoms with van der Waals surface area (Å²) in [5.41, 5.74) is 11.0. The molecule has 152 valence electrons. The number of hydrogen-bond acceptors (Lipinski definition) is 7. The van der Waals surface area contributed by atoms with Crippen LogP contribution in [0.2, 0.25) is 0 Å². The number of benzene rings is 1. The zero-order chi connectivity index (χ0) is 21.2. The molecule has 0 amide bonds. The van der Waals surface area contributed by atoms with Gasteiger partial charge in [-0.3, -0.25) is 24.2 Å². The number of aliphatic carboxylic acids is 3. The minimum atomic E-state index is -4.56. The molecule has 0 bridgehead atoms. The molecule has 0 saturated carbocycles. The summed E-state index contributed by atoms with van der Waals surface area (Å²) in [6.45, 7) is 0. The number of hydrogen-bond donors (Lipinski definition) is 7. The van der Waals surface area contributed by atoms with Gasteiger partial charge in [-0.25, -0.2) is 4.57 Å². The standard InChI is InChI=1S/C9H12NO6P.C5H9NO4/c10-8(9(11)12)5-6-1-3-7(4-2-6)16-17(13,14)15;6-3(5(9)10)1-2-4(7)8/h1-4,8H,5,10H2,(H,11,12)(H2,13,14,15);3H,1-2,6H2,(H,7,8)(H,9,10)/t8-;3-/m00/s1. The van der Waals surface area contributed by atoms with E-state index in [0.29, 0.717) is 5.56 Å². The van der Waals surface area contributed by atoms with Crippen molar-refractivity contribution in [2.75, 3.05) is 0 Å². The van der Waals surface area contributed by atoms with Crippen molar-refractivity contribution in [3.05, 3.63) is 29.8 Å². The summed E-state index contributed by atoms with van der Waals surface area (Å²) in [5, 5.41) is 24.9. The second kappa shape index (κ2) is 11.3. The molecule has 0 heterocycles. The third-order valence-electron chi connectivity index (χ3n) is 2.91. The van der Waals surface area contributed by atoms with Crippen molar-refractivity contribution in [3.63, 3.8) is 0 Å². The van der Waals surface area contributed by atoms with E-state index < -0.39 is 37.8 Å². The molecule has 0 saturated heterocycles. The van der Waals surface area contributed by atoms with Gasteiger partial charge < -0.3 is 31.3 Å². The molecule has 1 aromatic rings. The second-order valence-corrected chi connectivity index (χ2v) is 6.42. The highest BCUT2D eigenvalue weighted by Crippen LogP contribution is 2.37. The highest BCUT2D eigenvalue weighted by molar-refractivity contribution is 7.46. The van der Waals surface area contributed by atoms with Crippen molar-refractivity contribution in [2.45, 2.75) is 31.3 Å². The number of nitrogens with two attached hydrogens (primary N) is 2. The maximum Gasteiger partial charge on any atom is 0.524 e. The van der Waals surface area contributed by atoms with Crippen LogP contribution in [0.25, 0.3) is 0 Å². The molecule has 0 unspecified atom stereocenters. The SMILES string of the molecule is N[C@@H](CCC(=O)O)C(=O)O.N[C@@H](Cc1ccc(OP(=O)(O)O)cc1)C(=O)O. The fraction of sp³-hybridized carbons (Fsp3) is 0.357. The van der Waals surface area contributed by atoms with E-state index in [1.807, 2.05) is 0 Å². The van der Waals surface area contributed by atoms with Crippen molar-refractivity contribution in [2.24, 2.45) is 11.5 Å². The van der Waals surface area contributed by atoms with E-state index in [1.54, 1.807) is 0 Å². The zero-order valence-electron chi connectivity index (χ0n) is 14.0. The molecule has 2 atom stereocenters. The van der Waals surface area contributed by atoms with Gasteiger partial charge in [0.2, 0.25) is 0 Å². The van der Waals surface area contributed by atoms with Gasteiger partial charge in [0.05, 0.1) is 0 Å². The van der Waals surface area contributed by atoms with Gasteiger partial charge in [0.15, 0.2) is 0 Å². The monoisotopic (exact) mass is 408 g/mol. The molecule has 9 N–H and O–H groups in total. The summed E-state index contributed by atoms with van der Waals surface area (Å²) < 4.78 is 14.9. The van der Waals surface area contributed by atoms with E-state index in [9.17, 15) is 18.9 Å². The summed E-state index contributed by atoms with van der Waals surface area (Å²) in [6.07, 6.45) is -0.0936. The molecule has 0 aromatic heterocycles. The highest BCUT2D eigenvalue weighted by Gasteiger charge is 2.16. The van der Waals surface area contributed by atoms with Crippen molar-refractivity contribution in [1.82, 2.24) is 0 Å². The molecule has 27 heavy (non-hydrogen) atoms. The Morgan fingerprint density at radius 2 is 1.44 bits per heavy atom. The van der Waals surface area contributed by atoms with Crippen LogP contribution in [-0.2, 0) is 25.4 Å². The summed E-state index contributed by atoms with van der Waals surface area (Å²) in [7, 11) is -4.56. The first-order chi connectivity index (χ1) is 12.3. The van der Waals surface area contributed by atoms with E-state index in [0.717, 1.165) is 0 Å². The number of carboxylic acid groups (broad SMARTS) is 3. The van der Waals surface area contributed by atoms with E-state index in [4.69, 9.17) is 36.6 Å². The molecule has 0 fully saturated rings. The van der Waals surface area contributed by atoms with Crippen LogP contribution >= 0.6 is 7.82 Å². The van der Waals surface area contributed by atoms with Gasteiger partial charge in [0.1, 0.15) is 17.8 Å². The largest absolute Gasteiger partial charge is 0.524 e. The Morgan fingerprint density at radius 1 is 0.963 bits per heavy atom. The predicted molar refractivity (Wildman–Crippen MR) is 90.9 cm³/mol. The van der Waals surface area contributed by atoms with Crippen LogP contribution in [0.15, 0.2) is 24.3 Å². The van der Waals surface area contributed by atoms with Crippen LogP contribution < -0.4 is 16.0 Å². The molecular weight excluding hydrogens is 387 g/mol. The van der Waals surface area contributed by atoms with Crippen molar-refractivity contribution >= 4 is 25.7 Å². The van der Waals surface area contributed by atoms with Gasteiger partial charge in [-0.15, -0.1) is 0 Å².